The monoisotopic (exact) mass is 321 g/mol. The molecule has 0 spiro atoms. The van der Waals surface area contributed by atoms with Crippen LogP contribution in [0.5, 0.6) is 11.5 Å². The van der Waals surface area contributed by atoms with Gasteiger partial charge >= 0.3 is 0 Å². The minimum Gasteiger partial charge on any atom is -0.493 e. The van der Waals surface area contributed by atoms with E-state index in [-0.39, 0.29) is 0 Å². The molecule has 0 bridgehead atoms. The van der Waals surface area contributed by atoms with Crippen molar-refractivity contribution in [3.63, 3.8) is 0 Å². The minimum atomic E-state index is -0.608. The molecular formula is C19H31NO3. The predicted molar refractivity (Wildman–Crippen MR) is 93.1 cm³/mol. The molecule has 1 N–H and O–H groups in total. The van der Waals surface area contributed by atoms with E-state index < -0.39 is 5.60 Å². The van der Waals surface area contributed by atoms with E-state index >= 15 is 0 Å². The van der Waals surface area contributed by atoms with Gasteiger partial charge in [-0.1, -0.05) is 25.5 Å². The van der Waals surface area contributed by atoms with Gasteiger partial charge in [0.1, 0.15) is 0 Å². The number of aliphatic hydroxyl groups is 1. The van der Waals surface area contributed by atoms with Crippen molar-refractivity contribution in [1.82, 2.24) is 4.90 Å². The van der Waals surface area contributed by atoms with Crippen molar-refractivity contribution in [2.24, 2.45) is 5.92 Å². The largest absolute Gasteiger partial charge is 0.493 e. The third kappa shape index (κ3) is 4.85. The zero-order valence-electron chi connectivity index (χ0n) is 15.0. The smallest absolute Gasteiger partial charge is 0.165 e. The Morgan fingerprint density at radius 3 is 2.74 bits per heavy atom. The van der Waals surface area contributed by atoms with Gasteiger partial charge in [0.15, 0.2) is 11.5 Å². The average Bonchev–Trinajstić information content (AvgIpc) is 2.97. The molecule has 1 saturated heterocycles. The molecule has 1 aromatic carbocycles. The Bertz CT molecular complexity index is 496. The lowest BCUT2D eigenvalue weighted by atomic mass is 9.90. The molecule has 130 valence electrons. The lowest BCUT2D eigenvalue weighted by Crippen LogP contribution is -2.33. The number of methoxy groups -OCH3 is 1. The van der Waals surface area contributed by atoms with Crippen LogP contribution in [0, 0.1) is 5.92 Å². The lowest BCUT2D eigenvalue weighted by Gasteiger charge is -2.26. The van der Waals surface area contributed by atoms with Crippen LogP contribution >= 0.6 is 0 Å². The third-order valence-corrected chi connectivity index (χ3v) is 4.69. The summed E-state index contributed by atoms with van der Waals surface area (Å²) >= 11 is 0. The van der Waals surface area contributed by atoms with E-state index in [0.717, 1.165) is 62.6 Å². The normalized spacial score (nSPS) is 19.1. The summed E-state index contributed by atoms with van der Waals surface area (Å²) in [6.07, 6.45) is 3.20. The van der Waals surface area contributed by atoms with E-state index in [9.17, 15) is 5.11 Å². The highest BCUT2D eigenvalue weighted by Crippen LogP contribution is 2.34. The second-order valence-electron chi connectivity index (χ2n) is 7.02. The van der Waals surface area contributed by atoms with Gasteiger partial charge in [-0.3, -0.25) is 4.90 Å². The molecule has 1 aliphatic rings. The van der Waals surface area contributed by atoms with Crippen LogP contribution in [0.2, 0.25) is 0 Å². The van der Waals surface area contributed by atoms with Gasteiger partial charge in [-0.05, 0) is 39.3 Å². The van der Waals surface area contributed by atoms with Crippen LogP contribution in [-0.4, -0.2) is 42.4 Å². The highest BCUT2D eigenvalue weighted by molar-refractivity contribution is 5.46. The molecule has 23 heavy (non-hydrogen) atoms. The Morgan fingerprint density at radius 2 is 2.13 bits per heavy atom. The summed E-state index contributed by atoms with van der Waals surface area (Å²) in [6, 6.07) is 6.08. The molecule has 0 unspecified atom stereocenters. The van der Waals surface area contributed by atoms with Gasteiger partial charge in [-0.25, -0.2) is 0 Å². The van der Waals surface area contributed by atoms with Crippen LogP contribution in [0.4, 0.5) is 0 Å². The SMILES string of the molecule is CCCCOc1c(CN2CC[C@@H](C(C)(C)O)C2)cccc1OC. The van der Waals surface area contributed by atoms with Crippen LogP contribution in [0.15, 0.2) is 18.2 Å². The van der Waals surface area contributed by atoms with E-state index in [1.807, 2.05) is 26.0 Å². The molecule has 1 atom stereocenters. The number of rotatable bonds is 8. The van der Waals surface area contributed by atoms with Gasteiger partial charge in [0.2, 0.25) is 0 Å². The van der Waals surface area contributed by atoms with Gasteiger partial charge in [0, 0.05) is 24.6 Å². The maximum atomic E-state index is 10.2. The number of hydrogen-bond acceptors (Lipinski definition) is 4. The molecule has 1 aliphatic heterocycles. The maximum absolute atomic E-state index is 10.2. The van der Waals surface area contributed by atoms with Crippen LogP contribution in [0.25, 0.3) is 0 Å². The maximum Gasteiger partial charge on any atom is 0.165 e. The summed E-state index contributed by atoms with van der Waals surface area (Å²) < 4.78 is 11.5. The quantitative estimate of drug-likeness (QED) is 0.745. The third-order valence-electron chi connectivity index (χ3n) is 4.69. The molecule has 0 radical (unpaired) electrons. The number of benzene rings is 1. The Labute approximate surface area is 140 Å². The van der Waals surface area contributed by atoms with E-state index in [4.69, 9.17) is 9.47 Å². The molecule has 0 aliphatic carbocycles. The molecule has 0 saturated carbocycles. The fourth-order valence-electron chi connectivity index (χ4n) is 3.12. The molecule has 1 fully saturated rings. The molecule has 4 nitrogen and oxygen atoms in total. The van der Waals surface area contributed by atoms with Crippen molar-refractivity contribution in [3.8, 4) is 11.5 Å². The Balaban J connectivity index is 2.07. The van der Waals surface area contributed by atoms with Crippen molar-refractivity contribution in [1.29, 1.82) is 0 Å². The standard InChI is InChI=1S/C19H31NO3/c1-5-6-12-23-18-15(8-7-9-17(18)22-4)13-20-11-10-16(14-20)19(2,3)21/h7-9,16,21H,5-6,10-14H2,1-4H3/t16-/m1/s1. The van der Waals surface area contributed by atoms with Crippen molar-refractivity contribution >= 4 is 0 Å². The fourth-order valence-corrected chi connectivity index (χ4v) is 3.12. The summed E-state index contributed by atoms with van der Waals surface area (Å²) in [6.45, 7) is 9.47. The molecule has 2 rings (SSSR count). The number of likely N-dealkylation sites (tertiary alicyclic amines) is 1. The van der Waals surface area contributed by atoms with E-state index in [1.165, 1.54) is 0 Å². The fraction of sp³-hybridized carbons (Fsp3) is 0.684. The van der Waals surface area contributed by atoms with Crippen LogP contribution in [0.3, 0.4) is 0 Å². The lowest BCUT2D eigenvalue weighted by molar-refractivity contribution is 0.0207. The Kier molecular flexibility index (Phi) is 6.31. The molecule has 0 aromatic heterocycles. The van der Waals surface area contributed by atoms with Gasteiger partial charge in [-0.2, -0.15) is 0 Å². The van der Waals surface area contributed by atoms with Crippen LogP contribution in [-0.2, 0) is 6.54 Å². The second kappa shape index (κ2) is 8.02. The van der Waals surface area contributed by atoms with Gasteiger partial charge in [0.05, 0.1) is 19.3 Å². The number of nitrogens with zero attached hydrogens (tertiary/aromatic N) is 1. The molecule has 0 amide bonds. The van der Waals surface area contributed by atoms with Crippen molar-refractivity contribution < 1.29 is 14.6 Å². The highest BCUT2D eigenvalue weighted by Gasteiger charge is 2.33. The van der Waals surface area contributed by atoms with Crippen molar-refractivity contribution in [2.45, 2.75) is 52.2 Å². The van der Waals surface area contributed by atoms with Crippen LogP contribution in [0.1, 0.15) is 45.6 Å². The first-order valence-corrected chi connectivity index (χ1v) is 8.69. The van der Waals surface area contributed by atoms with Crippen LogP contribution < -0.4 is 9.47 Å². The summed E-state index contributed by atoms with van der Waals surface area (Å²) in [7, 11) is 1.69. The first-order valence-electron chi connectivity index (χ1n) is 8.69. The summed E-state index contributed by atoms with van der Waals surface area (Å²) in [4.78, 5) is 2.39. The number of hydrogen-bond donors (Lipinski definition) is 1. The highest BCUT2D eigenvalue weighted by atomic mass is 16.5. The topological polar surface area (TPSA) is 41.9 Å². The van der Waals surface area contributed by atoms with E-state index in [2.05, 4.69) is 17.9 Å². The first-order chi connectivity index (χ1) is 11.0. The number of ether oxygens (including phenoxy) is 2. The zero-order valence-corrected chi connectivity index (χ0v) is 15.0. The van der Waals surface area contributed by atoms with Gasteiger partial charge < -0.3 is 14.6 Å². The zero-order chi connectivity index (χ0) is 16.9. The van der Waals surface area contributed by atoms with Crippen molar-refractivity contribution in [3.05, 3.63) is 23.8 Å². The first kappa shape index (κ1) is 18.1. The average molecular weight is 321 g/mol. The predicted octanol–water partition coefficient (Wildman–Crippen LogP) is 3.47. The second-order valence-corrected chi connectivity index (χ2v) is 7.02. The molecule has 4 heteroatoms. The van der Waals surface area contributed by atoms with E-state index in [1.54, 1.807) is 7.11 Å². The Morgan fingerprint density at radius 1 is 1.35 bits per heavy atom. The molecule has 1 aromatic rings. The van der Waals surface area contributed by atoms with Crippen molar-refractivity contribution in [2.75, 3.05) is 26.8 Å². The van der Waals surface area contributed by atoms with E-state index in [0.29, 0.717) is 5.92 Å². The molecular weight excluding hydrogens is 290 g/mol. The van der Waals surface area contributed by atoms with Gasteiger partial charge in [-0.15, -0.1) is 0 Å². The number of para-hydroxylation sites is 1. The summed E-state index contributed by atoms with van der Waals surface area (Å²) in [5.74, 6) is 2.00. The molecule has 1 heterocycles. The van der Waals surface area contributed by atoms with Gasteiger partial charge in [0.25, 0.3) is 0 Å². The minimum absolute atomic E-state index is 0.331. The summed E-state index contributed by atoms with van der Waals surface area (Å²) in [5, 5.41) is 10.2. The summed E-state index contributed by atoms with van der Waals surface area (Å²) in [5.41, 5.74) is 0.556. The Hall–Kier alpha value is -1.26. The number of unbranched alkanes of at least 4 members (excludes halogenated alkanes) is 1.